The standard InChI is InChI=1S/C78H66BN3OSi/c1-76(2,3)49-33-41-68-62(43-49)63-44-51(78(7,8)9)46-65-73(63)82(68)69-47-53(48-71-72(69)79(65)64-45-50(77(4,5)6)34-42-70(64)83-71)81-67-32-22-20-30-59(67)61-40-39-60-58-29-19-21-31-66(58)80(74(60)75(61)81)52-35-37-57(38-36-52)84(54-23-13-10-14-24-54,55-25-15-11-16-26-55)56-27-17-12-18-28-56/h10-48H,1-9H3. The average molecular weight is 1100 g/mol. The Morgan fingerprint density at radius 1 is 0.321 bits per heavy atom. The van der Waals surface area contributed by atoms with Gasteiger partial charge < -0.3 is 18.4 Å². The zero-order chi connectivity index (χ0) is 57.2. The molecule has 84 heavy (non-hydrogen) atoms. The van der Waals surface area contributed by atoms with Gasteiger partial charge in [0.2, 0.25) is 0 Å². The van der Waals surface area contributed by atoms with Gasteiger partial charge in [-0.25, -0.2) is 0 Å². The van der Waals surface area contributed by atoms with Crippen molar-refractivity contribution < 1.29 is 4.74 Å². The number of para-hydroxylation sites is 2. The molecule has 2 aliphatic heterocycles. The van der Waals surface area contributed by atoms with Crippen LogP contribution < -0.4 is 41.9 Å². The van der Waals surface area contributed by atoms with E-state index in [1.165, 1.54) is 108 Å². The fraction of sp³-hybridized carbons (Fsp3) is 0.154. The first kappa shape index (κ1) is 50.6. The molecular formula is C78H66BN3OSi. The summed E-state index contributed by atoms with van der Waals surface area (Å²) in [6, 6.07) is 90.2. The van der Waals surface area contributed by atoms with E-state index >= 15 is 0 Å². The maximum absolute atomic E-state index is 7.45. The molecule has 0 aliphatic carbocycles. The summed E-state index contributed by atoms with van der Waals surface area (Å²) in [7, 11) is -2.79. The quantitative estimate of drug-likeness (QED) is 0.120. The highest BCUT2D eigenvalue weighted by Crippen LogP contribution is 2.46. The van der Waals surface area contributed by atoms with Crippen LogP contribution in [0.5, 0.6) is 11.5 Å². The van der Waals surface area contributed by atoms with Crippen molar-refractivity contribution >= 4 is 117 Å². The normalized spacial score (nSPS) is 13.4. The van der Waals surface area contributed by atoms with Crippen LogP contribution in [0, 0.1) is 0 Å². The second-order valence-electron chi connectivity index (χ2n) is 26.9. The maximum atomic E-state index is 7.45. The van der Waals surface area contributed by atoms with E-state index in [1.807, 2.05) is 0 Å². The SMILES string of the molecule is CC(C)(C)c1ccc2c(c1)B1c3c(cc(-n4c5ccccc5c5ccc6c7ccccc7n(-c7ccc([Si](c8ccccc8)(c8ccccc8)c8ccccc8)cc7)c6c54)cc3-n3c4ccc(C(C)(C)C)cc4c4cc(C(C)(C)C)cc1c43)O2. The molecule has 0 radical (unpaired) electrons. The summed E-state index contributed by atoms with van der Waals surface area (Å²) < 4.78 is 15.2. The van der Waals surface area contributed by atoms with Gasteiger partial charge in [0.05, 0.1) is 33.3 Å². The van der Waals surface area contributed by atoms with E-state index in [1.54, 1.807) is 0 Å². The smallest absolute Gasteiger partial charge is 0.256 e. The lowest BCUT2D eigenvalue weighted by Crippen LogP contribution is -2.74. The molecular weight excluding hydrogens is 1030 g/mol. The molecule has 16 rings (SSSR count). The zero-order valence-electron chi connectivity index (χ0n) is 49.3. The summed E-state index contributed by atoms with van der Waals surface area (Å²) in [6.45, 7) is 21.0. The molecule has 0 N–H and O–H groups in total. The molecule has 6 heteroatoms. The number of fused-ring (bicyclic) bond motifs is 14. The average Bonchev–Trinajstić information content (AvgIpc) is 2.14. The van der Waals surface area contributed by atoms with Crippen LogP contribution in [-0.2, 0) is 16.2 Å². The van der Waals surface area contributed by atoms with Crippen molar-refractivity contribution in [1.82, 2.24) is 13.7 Å². The van der Waals surface area contributed by atoms with Gasteiger partial charge in [-0.1, -0.05) is 238 Å². The van der Waals surface area contributed by atoms with Gasteiger partial charge in [-0.2, -0.15) is 0 Å². The van der Waals surface area contributed by atoms with Gasteiger partial charge in [-0.15, -0.1) is 0 Å². The minimum Gasteiger partial charge on any atom is -0.458 e. The Bertz CT molecular complexity index is 4930. The van der Waals surface area contributed by atoms with Crippen molar-refractivity contribution in [3.63, 3.8) is 0 Å². The lowest BCUT2D eigenvalue weighted by Gasteiger charge is -2.35. The minimum absolute atomic E-state index is 0.0295. The number of hydrogen-bond donors (Lipinski definition) is 0. The monoisotopic (exact) mass is 1100 g/mol. The highest BCUT2D eigenvalue weighted by molar-refractivity contribution is 7.19. The van der Waals surface area contributed by atoms with Crippen LogP contribution in [0.25, 0.3) is 82.5 Å². The number of ether oxygens (including phenoxy) is 1. The second kappa shape index (κ2) is 18.0. The molecule has 0 spiro atoms. The first-order chi connectivity index (χ1) is 40.6. The van der Waals surface area contributed by atoms with Gasteiger partial charge in [0.25, 0.3) is 6.71 Å². The number of aromatic nitrogens is 3. The Morgan fingerprint density at radius 2 is 0.786 bits per heavy atom. The van der Waals surface area contributed by atoms with Crippen molar-refractivity contribution in [3.8, 4) is 28.6 Å². The Labute approximate surface area is 493 Å². The number of rotatable bonds is 6. The molecule has 406 valence electrons. The summed E-state index contributed by atoms with van der Waals surface area (Å²) in [5, 5.41) is 12.9. The minimum atomic E-state index is -2.79. The summed E-state index contributed by atoms with van der Waals surface area (Å²) in [5.41, 5.74) is 18.1. The largest absolute Gasteiger partial charge is 0.458 e. The Kier molecular flexibility index (Phi) is 10.8. The predicted molar refractivity (Wildman–Crippen MR) is 360 cm³/mol. The third-order valence-corrected chi connectivity index (χ3v) is 23.7. The van der Waals surface area contributed by atoms with Gasteiger partial charge in [-0.05, 0) is 125 Å². The number of hydrogen-bond acceptors (Lipinski definition) is 1. The second-order valence-corrected chi connectivity index (χ2v) is 30.7. The number of nitrogens with zero attached hydrogens (tertiary/aromatic N) is 3. The van der Waals surface area contributed by atoms with E-state index in [9.17, 15) is 0 Å². The highest BCUT2D eigenvalue weighted by Gasteiger charge is 2.44. The summed E-state index contributed by atoms with van der Waals surface area (Å²) in [4.78, 5) is 0. The molecule has 3 aromatic heterocycles. The van der Waals surface area contributed by atoms with E-state index in [0.717, 1.165) is 39.6 Å². The summed E-state index contributed by atoms with van der Waals surface area (Å²) >= 11 is 0. The van der Waals surface area contributed by atoms with Crippen LogP contribution in [0.4, 0.5) is 0 Å². The molecule has 2 aliphatic rings. The summed E-state index contributed by atoms with van der Waals surface area (Å²) in [5.74, 6) is 1.82. The number of benzene rings is 11. The lowest BCUT2D eigenvalue weighted by molar-refractivity contribution is 0.486. The van der Waals surface area contributed by atoms with Crippen LogP contribution in [0.15, 0.2) is 237 Å². The van der Waals surface area contributed by atoms with E-state index < -0.39 is 8.07 Å². The predicted octanol–water partition coefficient (Wildman–Crippen LogP) is 15.2. The van der Waals surface area contributed by atoms with Crippen LogP contribution in [0.2, 0.25) is 0 Å². The van der Waals surface area contributed by atoms with Gasteiger partial charge in [-0.3, -0.25) is 0 Å². The van der Waals surface area contributed by atoms with Crippen molar-refractivity contribution in [2.45, 2.75) is 78.6 Å². The van der Waals surface area contributed by atoms with Crippen molar-refractivity contribution in [2.75, 3.05) is 0 Å². The van der Waals surface area contributed by atoms with Crippen molar-refractivity contribution in [1.29, 1.82) is 0 Å². The zero-order valence-corrected chi connectivity index (χ0v) is 50.3. The lowest BCUT2D eigenvalue weighted by atomic mass is 9.34. The van der Waals surface area contributed by atoms with E-state index in [0.29, 0.717) is 0 Å². The molecule has 0 bridgehead atoms. The molecule has 0 atom stereocenters. The van der Waals surface area contributed by atoms with Gasteiger partial charge in [0.1, 0.15) is 11.5 Å². The van der Waals surface area contributed by atoms with Crippen LogP contribution in [0.1, 0.15) is 79.0 Å². The third-order valence-electron chi connectivity index (χ3n) is 18.9. The van der Waals surface area contributed by atoms with Crippen LogP contribution in [0.3, 0.4) is 0 Å². The fourth-order valence-electron chi connectivity index (χ4n) is 14.7. The molecule has 14 aromatic rings. The first-order valence-corrected chi connectivity index (χ1v) is 31.9. The Morgan fingerprint density at radius 3 is 1.35 bits per heavy atom. The molecule has 0 saturated carbocycles. The van der Waals surface area contributed by atoms with Gasteiger partial charge >= 0.3 is 0 Å². The maximum Gasteiger partial charge on any atom is 0.256 e. The fourth-order valence-corrected chi connectivity index (χ4v) is 19.5. The molecule has 0 saturated heterocycles. The third kappa shape index (κ3) is 7.26. The Balaban J connectivity index is 0.995. The molecule has 0 unspecified atom stereocenters. The van der Waals surface area contributed by atoms with Crippen LogP contribution in [-0.4, -0.2) is 28.5 Å². The van der Waals surface area contributed by atoms with Crippen molar-refractivity contribution in [3.05, 3.63) is 253 Å². The van der Waals surface area contributed by atoms with Crippen LogP contribution >= 0.6 is 0 Å². The van der Waals surface area contributed by atoms with Crippen molar-refractivity contribution in [2.24, 2.45) is 0 Å². The van der Waals surface area contributed by atoms with Gasteiger partial charge in [0, 0.05) is 55.3 Å². The molecule has 4 nitrogen and oxygen atoms in total. The molecule has 5 heterocycles. The van der Waals surface area contributed by atoms with E-state index in [-0.39, 0.29) is 23.0 Å². The molecule has 0 fully saturated rings. The van der Waals surface area contributed by atoms with Gasteiger partial charge in [0.15, 0.2) is 8.07 Å². The first-order valence-electron chi connectivity index (χ1n) is 29.9. The van der Waals surface area contributed by atoms with E-state index in [4.69, 9.17) is 4.74 Å². The van der Waals surface area contributed by atoms with E-state index in [2.05, 4.69) is 313 Å². The highest BCUT2D eigenvalue weighted by atomic mass is 28.3. The summed E-state index contributed by atoms with van der Waals surface area (Å²) in [6.07, 6.45) is 0. The molecule has 0 amide bonds. The Hall–Kier alpha value is -9.10. The molecule has 11 aromatic carbocycles. The topological polar surface area (TPSA) is 24.0 Å².